The van der Waals surface area contributed by atoms with Gasteiger partial charge in [-0.25, -0.2) is 0 Å². The molecule has 0 saturated heterocycles. The van der Waals surface area contributed by atoms with Gasteiger partial charge in [0.05, 0.1) is 6.61 Å². The first-order valence-electron chi connectivity index (χ1n) is 5.59. The average Bonchev–Trinajstić information content (AvgIpc) is 2.53. The summed E-state index contributed by atoms with van der Waals surface area (Å²) in [5.74, 6) is 0.945. The van der Waals surface area contributed by atoms with E-state index in [9.17, 15) is 4.79 Å². The Bertz CT molecular complexity index is 385. The molecule has 1 aromatic carbocycles. The fourth-order valence-electron chi connectivity index (χ4n) is 1.90. The topological polar surface area (TPSA) is 35.5 Å². The largest absolute Gasteiger partial charge is 0.493 e. The second kappa shape index (κ2) is 5.12. The van der Waals surface area contributed by atoms with E-state index >= 15 is 0 Å². The lowest BCUT2D eigenvalue weighted by atomic mass is 10.0. The normalized spacial score (nSPS) is 14.8. The average molecular weight is 220 g/mol. The SMILES string of the molecule is COCC(=O)c1ccc2c(c1)CCCCO2. The van der Waals surface area contributed by atoms with Gasteiger partial charge >= 0.3 is 0 Å². The molecule has 1 heterocycles. The van der Waals surface area contributed by atoms with Crippen LogP contribution in [0.5, 0.6) is 5.75 Å². The van der Waals surface area contributed by atoms with Crippen molar-refractivity contribution < 1.29 is 14.3 Å². The van der Waals surface area contributed by atoms with E-state index in [1.54, 1.807) is 0 Å². The van der Waals surface area contributed by atoms with Crippen LogP contribution in [0.1, 0.15) is 28.8 Å². The quantitative estimate of drug-likeness (QED) is 0.733. The summed E-state index contributed by atoms with van der Waals surface area (Å²) in [5.41, 5.74) is 1.85. The molecule has 0 saturated carbocycles. The molecule has 86 valence electrons. The van der Waals surface area contributed by atoms with Crippen molar-refractivity contribution in [2.45, 2.75) is 19.3 Å². The second-order valence-electron chi connectivity index (χ2n) is 3.98. The number of aryl methyl sites for hydroxylation is 1. The highest BCUT2D eigenvalue weighted by atomic mass is 16.5. The van der Waals surface area contributed by atoms with E-state index in [0.717, 1.165) is 37.2 Å². The van der Waals surface area contributed by atoms with E-state index in [2.05, 4.69) is 0 Å². The highest BCUT2D eigenvalue weighted by Crippen LogP contribution is 2.25. The molecule has 1 aliphatic heterocycles. The standard InChI is InChI=1S/C13H16O3/c1-15-9-12(14)10-5-6-13-11(8-10)4-2-3-7-16-13/h5-6,8H,2-4,7,9H2,1H3. The third kappa shape index (κ3) is 2.42. The Labute approximate surface area is 95.4 Å². The van der Waals surface area contributed by atoms with Crippen molar-refractivity contribution in [3.05, 3.63) is 29.3 Å². The molecule has 1 aliphatic rings. The van der Waals surface area contributed by atoms with Crippen molar-refractivity contribution in [2.24, 2.45) is 0 Å². The van der Waals surface area contributed by atoms with Gasteiger partial charge in [-0.05, 0) is 43.0 Å². The molecule has 0 aromatic heterocycles. The van der Waals surface area contributed by atoms with Crippen LogP contribution in [0.2, 0.25) is 0 Å². The zero-order valence-corrected chi connectivity index (χ0v) is 9.49. The van der Waals surface area contributed by atoms with Gasteiger partial charge in [0.25, 0.3) is 0 Å². The summed E-state index contributed by atoms with van der Waals surface area (Å²) in [6.07, 6.45) is 3.19. The van der Waals surface area contributed by atoms with Crippen LogP contribution >= 0.6 is 0 Å². The number of ketones is 1. The highest BCUT2D eigenvalue weighted by Gasteiger charge is 2.12. The lowest BCUT2D eigenvalue weighted by molar-refractivity contribution is 0.0848. The molecular formula is C13H16O3. The van der Waals surface area contributed by atoms with Crippen molar-refractivity contribution in [2.75, 3.05) is 20.3 Å². The fourth-order valence-corrected chi connectivity index (χ4v) is 1.90. The monoisotopic (exact) mass is 220 g/mol. The maximum atomic E-state index is 11.7. The molecule has 3 nitrogen and oxygen atoms in total. The van der Waals surface area contributed by atoms with E-state index < -0.39 is 0 Å². The van der Waals surface area contributed by atoms with Gasteiger partial charge in [-0.1, -0.05) is 0 Å². The van der Waals surface area contributed by atoms with Gasteiger partial charge in [0.2, 0.25) is 0 Å². The zero-order valence-electron chi connectivity index (χ0n) is 9.49. The van der Waals surface area contributed by atoms with Crippen LogP contribution in [0, 0.1) is 0 Å². The third-order valence-electron chi connectivity index (χ3n) is 2.76. The minimum absolute atomic E-state index is 0.0227. The maximum Gasteiger partial charge on any atom is 0.188 e. The number of fused-ring (bicyclic) bond motifs is 1. The van der Waals surface area contributed by atoms with Gasteiger partial charge in [0.15, 0.2) is 5.78 Å². The first-order valence-corrected chi connectivity index (χ1v) is 5.59. The highest BCUT2D eigenvalue weighted by molar-refractivity contribution is 5.97. The summed E-state index contributed by atoms with van der Waals surface area (Å²) in [4.78, 5) is 11.7. The Morgan fingerprint density at radius 1 is 1.44 bits per heavy atom. The Morgan fingerprint density at radius 3 is 3.12 bits per heavy atom. The van der Waals surface area contributed by atoms with E-state index in [1.165, 1.54) is 7.11 Å². The Morgan fingerprint density at radius 2 is 2.31 bits per heavy atom. The number of carbonyl (C=O) groups is 1. The molecule has 0 spiro atoms. The van der Waals surface area contributed by atoms with Crippen molar-refractivity contribution in [1.82, 2.24) is 0 Å². The van der Waals surface area contributed by atoms with Crippen LogP contribution in [0.25, 0.3) is 0 Å². The molecule has 1 aromatic rings. The Balaban J connectivity index is 2.23. The number of ether oxygens (including phenoxy) is 2. The molecule has 16 heavy (non-hydrogen) atoms. The number of carbonyl (C=O) groups excluding carboxylic acids is 1. The lowest BCUT2D eigenvalue weighted by Crippen LogP contribution is -2.07. The third-order valence-corrected chi connectivity index (χ3v) is 2.76. The molecule has 0 amide bonds. The van der Waals surface area contributed by atoms with Gasteiger partial charge in [-0.2, -0.15) is 0 Å². The smallest absolute Gasteiger partial charge is 0.188 e. The van der Waals surface area contributed by atoms with Crippen molar-refractivity contribution in [3.8, 4) is 5.75 Å². The van der Waals surface area contributed by atoms with Crippen LogP contribution in [0.4, 0.5) is 0 Å². The van der Waals surface area contributed by atoms with Gasteiger partial charge in [-0.15, -0.1) is 0 Å². The van der Waals surface area contributed by atoms with Gasteiger partial charge in [-0.3, -0.25) is 4.79 Å². The minimum Gasteiger partial charge on any atom is -0.493 e. The maximum absolute atomic E-state index is 11.7. The number of methoxy groups -OCH3 is 1. The minimum atomic E-state index is 0.0227. The number of rotatable bonds is 3. The van der Waals surface area contributed by atoms with Crippen LogP contribution in [0.3, 0.4) is 0 Å². The van der Waals surface area contributed by atoms with E-state index in [-0.39, 0.29) is 12.4 Å². The summed E-state index contributed by atoms with van der Waals surface area (Å²) >= 11 is 0. The number of Topliss-reactive ketones (excluding diaryl/α,β-unsaturated/α-hetero) is 1. The molecule has 0 aliphatic carbocycles. The fraction of sp³-hybridized carbons (Fsp3) is 0.462. The van der Waals surface area contributed by atoms with Crippen molar-refractivity contribution in [1.29, 1.82) is 0 Å². The first-order chi connectivity index (χ1) is 7.81. The van der Waals surface area contributed by atoms with Crippen molar-refractivity contribution in [3.63, 3.8) is 0 Å². The molecule has 0 N–H and O–H groups in total. The Hall–Kier alpha value is -1.35. The predicted molar refractivity (Wildman–Crippen MR) is 61.1 cm³/mol. The van der Waals surface area contributed by atoms with Crippen LogP contribution in [-0.2, 0) is 11.2 Å². The summed E-state index contributed by atoms with van der Waals surface area (Å²) in [7, 11) is 1.53. The summed E-state index contributed by atoms with van der Waals surface area (Å²) < 4.78 is 10.4. The summed E-state index contributed by atoms with van der Waals surface area (Å²) in [6, 6.07) is 5.64. The van der Waals surface area contributed by atoms with E-state index in [4.69, 9.17) is 9.47 Å². The van der Waals surface area contributed by atoms with Gasteiger partial charge in [0.1, 0.15) is 12.4 Å². The number of hydrogen-bond acceptors (Lipinski definition) is 3. The molecule has 3 heteroatoms. The lowest BCUT2D eigenvalue weighted by Gasteiger charge is -2.08. The molecular weight excluding hydrogens is 204 g/mol. The molecule has 2 rings (SSSR count). The summed E-state index contributed by atoms with van der Waals surface area (Å²) in [5, 5.41) is 0. The predicted octanol–water partition coefficient (Wildman–Crippen LogP) is 2.23. The first kappa shape index (κ1) is 11.1. The van der Waals surface area contributed by atoms with Gasteiger partial charge in [0, 0.05) is 12.7 Å². The molecule has 0 radical (unpaired) electrons. The molecule has 0 unspecified atom stereocenters. The van der Waals surface area contributed by atoms with Gasteiger partial charge < -0.3 is 9.47 Å². The van der Waals surface area contributed by atoms with E-state index in [0.29, 0.717) is 5.56 Å². The number of benzene rings is 1. The zero-order chi connectivity index (χ0) is 11.4. The Kier molecular flexibility index (Phi) is 3.57. The van der Waals surface area contributed by atoms with E-state index in [1.807, 2.05) is 18.2 Å². The van der Waals surface area contributed by atoms with Crippen molar-refractivity contribution >= 4 is 5.78 Å². The molecule has 0 atom stereocenters. The van der Waals surface area contributed by atoms with Crippen LogP contribution in [-0.4, -0.2) is 26.1 Å². The molecule has 0 bridgehead atoms. The van der Waals surface area contributed by atoms with Crippen LogP contribution in [0.15, 0.2) is 18.2 Å². The second-order valence-corrected chi connectivity index (χ2v) is 3.98. The summed E-state index contributed by atoms with van der Waals surface area (Å²) in [6.45, 7) is 0.915. The van der Waals surface area contributed by atoms with Crippen LogP contribution < -0.4 is 4.74 Å². The number of hydrogen-bond donors (Lipinski definition) is 0. The molecule has 0 fully saturated rings.